The van der Waals surface area contributed by atoms with Crippen molar-refractivity contribution in [2.75, 3.05) is 32.7 Å². The average molecular weight is 348 g/mol. The summed E-state index contributed by atoms with van der Waals surface area (Å²) in [5.74, 6) is -4.32. The van der Waals surface area contributed by atoms with Crippen LogP contribution in [-0.4, -0.2) is 72.3 Å². The number of aliphatic carboxylic acids is 2. The second kappa shape index (κ2) is 14.2. The third kappa shape index (κ3) is 15.1. The number of carbonyl (C=O) groups excluding carboxylic acids is 4. The van der Waals surface area contributed by atoms with E-state index in [1.807, 2.05) is 0 Å². The summed E-state index contributed by atoms with van der Waals surface area (Å²) in [5.41, 5.74) is 10.0. The van der Waals surface area contributed by atoms with Crippen molar-refractivity contribution in [3.63, 3.8) is 0 Å². The summed E-state index contributed by atoms with van der Waals surface area (Å²) < 4.78 is 0. The topological polar surface area (TPSA) is 173 Å². The predicted molar refractivity (Wildman–Crippen MR) is 65.9 cm³/mol. The number of rotatable bonds is 11. The van der Waals surface area contributed by atoms with Crippen LogP contribution in [0.2, 0.25) is 0 Å². The van der Waals surface area contributed by atoms with Crippen molar-refractivity contribution in [1.29, 1.82) is 0 Å². The van der Waals surface area contributed by atoms with E-state index < -0.39 is 42.9 Å². The number of nitrogens with zero attached hydrogens (tertiary/aromatic N) is 2. The molecular formula is C11H18N4Na2O6. The van der Waals surface area contributed by atoms with E-state index in [1.54, 1.807) is 6.92 Å². The van der Waals surface area contributed by atoms with Crippen molar-refractivity contribution >= 4 is 23.8 Å². The van der Waals surface area contributed by atoms with Crippen LogP contribution in [0.5, 0.6) is 0 Å². The molecule has 0 aliphatic carbocycles. The molecule has 4 N–H and O–H groups in total. The fraction of sp³-hybridized carbons (Fsp3) is 0.636. The van der Waals surface area contributed by atoms with Crippen molar-refractivity contribution in [2.45, 2.75) is 13.0 Å². The molecule has 0 spiro atoms. The van der Waals surface area contributed by atoms with E-state index in [-0.39, 0.29) is 78.7 Å². The van der Waals surface area contributed by atoms with Gasteiger partial charge in [0.2, 0.25) is 11.8 Å². The van der Waals surface area contributed by atoms with Gasteiger partial charge in [0.05, 0.1) is 25.0 Å². The van der Waals surface area contributed by atoms with E-state index in [4.69, 9.17) is 11.5 Å². The molecule has 0 unspecified atom stereocenters. The van der Waals surface area contributed by atoms with Crippen LogP contribution < -0.4 is 80.8 Å². The zero-order valence-corrected chi connectivity index (χ0v) is 17.6. The maximum Gasteiger partial charge on any atom is 1.00 e. The largest absolute Gasteiger partial charge is 1.00 e. The summed E-state index contributed by atoms with van der Waals surface area (Å²) in [6.07, 6.45) is 0. The minimum Gasteiger partial charge on any atom is -0.549 e. The predicted octanol–water partition coefficient (Wildman–Crippen LogP) is -11.5. The van der Waals surface area contributed by atoms with Crippen molar-refractivity contribution in [2.24, 2.45) is 11.5 Å². The van der Waals surface area contributed by atoms with E-state index in [0.29, 0.717) is 0 Å². The quantitative estimate of drug-likeness (QED) is 0.346. The second-order valence-corrected chi connectivity index (χ2v) is 4.60. The van der Waals surface area contributed by atoms with Crippen molar-refractivity contribution in [1.82, 2.24) is 9.80 Å². The first-order valence-corrected chi connectivity index (χ1v) is 6.04. The Balaban J connectivity index is -0.00000200. The first-order valence-electron chi connectivity index (χ1n) is 6.04. The van der Waals surface area contributed by atoms with Crippen molar-refractivity contribution in [3.8, 4) is 0 Å². The van der Waals surface area contributed by atoms with Gasteiger partial charge in [0, 0.05) is 25.7 Å². The molecular weight excluding hydrogens is 330 g/mol. The molecule has 12 heteroatoms. The number of nitrogens with two attached hydrogens (primary N) is 2. The third-order valence-corrected chi connectivity index (χ3v) is 2.57. The van der Waals surface area contributed by atoms with Crippen LogP contribution >= 0.6 is 0 Å². The van der Waals surface area contributed by atoms with Gasteiger partial charge in [-0.2, -0.15) is 0 Å². The first-order chi connectivity index (χ1) is 9.61. The zero-order chi connectivity index (χ0) is 16.6. The Hall–Kier alpha value is -0.200. The van der Waals surface area contributed by atoms with Crippen LogP contribution in [-0.2, 0) is 19.2 Å². The van der Waals surface area contributed by atoms with Crippen LogP contribution in [0.1, 0.15) is 6.92 Å². The third-order valence-electron chi connectivity index (χ3n) is 2.57. The molecule has 0 aromatic carbocycles. The molecule has 0 saturated heterocycles. The van der Waals surface area contributed by atoms with Gasteiger partial charge in [-0.25, -0.2) is 0 Å². The van der Waals surface area contributed by atoms with Crippen LogP contribution in [0.3, 0.4) is 0 Å². The van der Waals surface area contributed by atoms with Crippen LogP contribution in [0.15, 0.2) is 0 Å². The molecule has 0 aliphatic heterocycles. The maximum atomic E-state index is 10.9. The SMILES string of the molecule is C[C@@H](CN(CC(N)=O)CC(=O)[O-])N(CC(N)=O)CC(=O)[O-].[Na+].[Na+]. The van der Waals surface area contributed by atoms with Gasteiger partial charge in [0.1, 0.15) is 0 Å². The van der Waals surface area contributed by atoms with Gasteiger partial charge in [0.25, 0.3) is 0 Å². The Kier molecular flexibility index (Phi) is 17.0. The molecule has 0 saturated carbocycles. The molecule has 0 radical (unpaired) electrons. The van der Waals surface area contributed by atoms with Crippen LogP contribution in [0.4, 0.5) is 0 Å². The minimum absolute atomic E-state index is 0. The Morgan fingerprint density at radius 3 is 1.65 bits per heavy atom. The summed E-state index contributed by atoms with van der Waals surface area (Å²) in [6.45, 7) is -0.256. The fourth-order valence-electron chi connectivity index (χ4n) is 1.81. The van der Waals surface area contributed by atoms with Gasteiger partial charge in [0.15, 0.2) is 0 Å². The molecule has 0 aromatic heterocycles. The molecule has 10 nitrogen and oxygen atoms in total. The molecule has 0 rings (SSSR count). The molecule has 0 aromatic rings. The van der Waals surface area contributed by atoms with Gasteiger partial charge in [-0.05, 0) is 6.92 Å². The molecule has 0 fully saturated rings. The van der Waals surface area contributed by atoms with Crippen molar-refractivity contribution in [3.05, 3.63) is 0 Å². The minimum atomic E-state index is -1.41. The van der Waals surface area contributed by atoms with Gasteiger partial charge >= 0.3 is 59.1 Å². The second-order valence-electron chi connectivity index (χ2n) is 4.60. The summed E-state index contributed by atoms with van der Waals surface area (Å²) in [4.78, 5) is 45.4. The molecule has 23 heavy (non-hydrogen) atoms. The fourth-order valence-corrected chi connectivity index (χ4v) is 1.81. The number of hydrogen-bond donors (Lipinski definition) is 2. The monoisotopic (exact) mass is 348 g/mol. The molecule has 0 bridgehead atoms. The summed E-state index contributed by atoms with van der Waals surface area (Å²) in [5, 5.41) is 21.2. The van der Waals surface area contributed by atoms with Gasteiger partial charge in [-0.15, -0.1) is 0 Å². The average Bonchev–Trinajstić information content (AvgIpc) is 2.24. The summed E-state index contributed by atoms with van der Waals surface area (Å²) in [7, 11) is 0. The number of carboxylic acid groups (broad SMARTS) is 2. The van der Waals surface area contributed by atoms with Gasteiger partial charge < -0.3 is 31.3 Å². The first kappa shape index (κ1) is 27.6. The van der Waals surface area contributed by atoms with Crippen LogP contribution in [0, 0.1) is 0 Å². The van der Waals surface area contributed by atoms with E-state index in [2.05, 4.69) is 0 Å². The van der Waals surface area contributed by atoms with Gasteiger partial charge in [-0.1, -0.05) is 0 Å². The van der Waals surface area contributed by atoms with E-state index in [1.165, 1.54) is 9.80 Å². The Labute approximate surface area is 178 Å². The maximum absolute atomic E-state index is 10.9. The van der Waals surface area contributed by atoms with E-state index in [0.717, 1.165) is 0 Å². The molecule has 0 aliphatic rings. The number of amides is 2. The standard InChI is InChI=1S/C11H20N4O6.2Na/c1-7(15(4-9(13)17)6-11(20)21)2-14(3-8(12)16)5-10(18)19;;/h7H,2-6H2,1H3,(H2,12,16)(H2,13,17)(H,18,19)(H,20,21);;/q;2*+1/p-2/t7-;;/m0../s1. The van der Waals surface area contributed by atoms with Gasteiger partial charge in [-0.3, -0.25) is 19.4 Å². The normalized spacial score (nSPS) is 11.3. The molecule has 1 atom stereocenters. The number of carboxylic acids is 2. The number of hydrogen-bond acceptors (Lipinski definition) is 8. The van der Waals surface area contributed by atoms with Crippen LogP contribution in [0.25, 0.3) is 0 Å². The molecule has 120 valence electrons. The Morgan fingerprint density at radius 1 is 0.870 bits per heavy atom. The Morgan fingerprint density at radius 2 is 1.30 bits per heavy atom. The molecule has 0 heterocycles. The number of primary amides is 2. The number of carbonyl (C=O) groups is 4. The Bertz CT molecular complexity index is 391. The van der Waals surface area contributed by atoms with E-state index >= 15 is 0 Å². The summed E-state index contributed by atoms with van der Waals surface area (Å²) in [6, 6.07) is -0.575. The zero-order valence-electron chi connectivity index (χ0n) is 13.6. The summed E-state index contributed by atoms with van der Waals surface area (Å²) >= 11 is 0. The van der Waals surface area contributed by atoms with Crippen molar-refractivity contribution < 1.29 is 88.5 Å². The smallest absolute Gasteiger partial charge is 0.549 e. The molecule has 2 amide bonds. The van der Waals surface area contributed by atoms with E-state index in [9.17, 15) is 29.4 Å².